The zero-order valence-corrected chi connectivity index (χ0v) is 15.2. The lowest BCUT2D eigenvalue weighted by atomic mass is 10.0. The highest BCUT2D eigenvalue weighted by molar-refractivity contribution is 7.17. The second-order valence-corrected chi connectivity index (χ2v) is 7.41. The number of hydrogen-bond acceptors (Lipinski definition) is 4. The summed E-state index contributed by atoms with van der Waals surface area (Å²) < 4.78 is 2.64. The lowest BCUT2D eigenvalue weighted by Gasteiger charge is -2.04. The average molecular weight is 341 g/mol. The molecule has 2 heterocycles. The van der Waals surface area contributed by atoms with Crippen LogP contribution < -0.4 is 0 Å². The molecule has 0 amide bonds. The van der Waals surface area contributed by atoms with Crippen molar-refractivity contribution in [3.8, 4) is 0 Å². The molecule has 0 aliphatic carbocycles. The Morgan fingerprint density at radius 1 is 0.957 bits per heavy atom. The Morgan fingerprint density at radius 2 is 1.74 bits per heavy atom. The Morgan fingerprint density at radius 3 is 2.52 bits per heavy atom. The Kier molecular flexibility index (Phi) is 5.03. The van der Waals surface area contributed by atoms with Crippen LogP contribution in [0.15, 0.2) is 47.4 Å². The molecule has 4 rings (SSSR count). The van der Waals surface area contributed by atoms with E-state index in [2.05, 4.69) is 67.1 Å². The predicted octanol–water partition coefficient (Wildman–Crippen LogP) is 6.28. The molecule has 0 bridgehead atoms. The van der Waals surface area contributed by atoms with Crippen LogP contribution in [0.4, 0.5) is 0 Å². The summed E-state index contributed by atoms with van der Waals surface area (Å²) in [7, 11) is 0. The summed E-state index contributed by atoms with van der Waals surface area (Å²) >= 11 is 3.44. The molecule has 23 heavy (non-hydrogen) atoms. The summed E-state index contributed by atoms with van der Waals surface area (Å²) in [6, 6.07) is 12.7. The van der Waals surface area contributed by atoms with E-state index in [0.717, 1.165) is 11.9 Å². The molecule has 0 atom stereocenters. The smallest absolute Gasteiger partial charge is 0.0843 e. The molecule has 2 aromatic carbocycles. The van der Waals surface area contributed by atoms with Gasteiger partial charge in [-0.25, -0.2) is 9.97 Å². The first-order valence-corrected chi connectivity index (χ1v) is 9.59. The van der Waals surface area contributed by atoms with Gasteiger partial charge in [-0.1, -0.05) is 45.0 Å². The predicted molar refractivity (Wildman–Crippen MR) is 103 cm³/mol. The Labute approximate surface area is 144 Å². The van der Waals surface area contributed by atoms with Gasteiger partial charge in [0.2, 0.25) is 0 Å². The van der Waals surface area contributed by atoms with E-state index in [4.69, 9.17) is 0 Å². The summed E-state index contributed by atoms with van der Waals surface area (Å²) in [5.74, 6) is 0.592. The number of thiazole rings is 2. The maximum absolute atomic E-state index is 4.31. The van der Waals surface area contributed by atoms with Crippen molar-refractivity contribution in [3.63, 3.8) is 0 Å². The van der Waals surface area contributed by atoms with Crippen LogP contribution in [-0.2, 0) is 6.42 Å². The minimum atomic E-state index is 0.592. The number of hydrogen-bond donors (Lipinski definition) is 0. The van der Waals surface area contributed by atoms with Crippen LogP contribution in [0.5, 0.6) is 0 Å². The van der Waals surface area contributed by atoms with Gasteiger partial charge in [0.05, 0.1) is 31.5 Å². The van der Waals surface area contributed by atoms with Crippen molar-refractivity contribution in [2.45, 2.75) is 33.1 Å². The van der Waals surface area contributed by atoms with Gasteiger partial charge in [0.1, 0.15) is 0 Å². The van der Waals surface area contributed by atoms with Crippen molar-refractivity contribution in [3.05, 3.63) is 58.5 Å². The Hall–Kier alpha value is -1.78. The Bertz CT molecular complexity index is 906. The molecule has 0 spiro atoms. The van der Waals surface area contributed by atoms with Crippen molar-refractivity contribution in [1.82, 2.24) is 9.97 Å². The van der Waals surface area contributed by atoms with Crippen LogP contribution in [0.1, 0.15) is 37.8 Å². The normalized spacial score (nSPS) is 11.0. The van der Waals surface area contributed by atoms with E-state index in [-0.39, 0.29) is 0 Å². The highest BCUT2D eigenvalue weighted by Crippen LogP contribution is 2.27. The van der Waals surface area contributed by atoms with E-state index in [9.17, 15) is 0 Å². The molecule has 0 aliphatic rings. The van der Waals surface area contributed by atoms with Crippen molar-refractivity contribution in [1.29, 1.82) is 0 Å². The zero-order chi connectivity index (χ0) is 16.2. The molecule has 4 heteroatoms. The van der Waals surface area contributed by atoms with E-state index < -0.39 is 0 Å². The fraction of sp³-hybridized carbons (Fsp3) is 0.263. The first kappa shape index (κ1) is 16.1. The largest absolute Gasteiger partial charge is 0.245 e. The third kappa shape index (κ3) is 3.43. The van der Waals surface area contributed by atoms with Crippen molar-refractivity contribution < 1.29 is 0 Å². The van der Waals surface area contributed by atoms with Crippen molar-refractivity contribution >= 4 is 43.1 Å². The van der Waals surface area contributed by atoms with Crippen LogP contribution in [0, 0.1) is 0 Å². The zero-order valence-electron chi connectivity index (χ0n) is 13.6. The molecule has 0 unspecified atom stereocenters. The minimum absolute atomic E-state index is 0.592. The summed E-state index contributed by atoms with van der Waals surface area (Å²) in [5, 5.41) is 0. The number of nitrogens with zero attached hydrogens (tertiary/aromatic N) is 2. The van der Waals surface area contributed by atoms with Crippen LogP contribution in [-0.4, -0.2) is 9.97 Å². The van der Waals surface area contributed by atoms with Gasteiger partial charge in [-0.05, 0) is 35.6 Å². The number of para-hydroxylation sites is 1. The van der Waals surface area contributed by atoms with E-state index >= 15 is 0 Å². The molecule has 0 saturated carbocycles. The second-order valence-electron chi connectivity index (χ2n) is 5.67. The van der Waals surface area contributed by atoms with Crippen LogP contribution in [0.25, 0.3) is 20.4 Å². The molecule has 2 aromatic heterocycles. The van der Waals surface area contributed by atoms with E-state index in [1.54, 1.807) is 22.7 Å². The molecule has 0 fully saturated rings. The monoisotopic (exact) mass is 340 g/mol. The van der Waals surface area contributed by atoms with Gasteiger partial charge in [0.15, 0.2) is 0 Å². The summed E-state index contributed by atoms with van der Waals surface area (Å²) in [5.41, 5.74) is 8.89. The molecular weight excluding hydrogens is 320 g/mol. The molecule has 0 N–H and O–H groups in total. The highest BCUT2D eigenvalue weighted by Gasteiger charge is 2.05. The first-order valence-electron chi connectivity index (χ1n) is 7.84. The molecule has 2 nitrogen and oxygen atoms in total. The number of aromatic nitrogens is 2. The maximum Gasteiger partial charge on any atom is 0.0843 e. The fourth-order valence-corrected chi connectivity index (χ4v) is 4.27. The Balaban J connectivity index is 0.000000136. The van der Waals surface area contributed by atoms with Gasteiger partial charge in [0.25, 0.3) is 0 Å². The second kappa shape index (κ2) is 7.20. The highest BCUT2D eigenvalue weighted by atomic mass is 32.1. The van der Waals surface area contributed by atoms with Crippen LogP contribution >= 0.6 is 22.7 Å². The minimum Gasteiger partial charge on any atom is -0.245 e. The van der Waals surface area contributed by atoms with Crippen LogP contribution in [0.2, 0.25) is 0 Å². The third-order valence-corrected chi connectivity index (χ3v) is 5.52. The summed E-state index contributed by atoms with van der Waals surface area (Å²) in [4.78, 5) is 8.59. The van der Waals surface area contributed by atoms with E-state index in [1.807, 2.05) is 11.0 Å². The maximum atomic E-state index is 4.31. The summed E-state index contributed by atoms with van der Waals surface area (Å²) in [6.45, 7) is 6.59. The van der Waals surface area contributed by atoms with Gasteiger partial charge in [0, 0.05) is 0 Å². The quantitative estimate of drug-likeness (QED) is 0.429. The van der Waals surface area contributed by atoms with Crippen molar-refractivity contribution in [2.24, 2.45) is 0 Å². The van der Waals surface area contributed by atoms with E-state index in [0.29, 0.717) is 5.92 Å². The van der Waals surface area contributed by atoms with Crippen LogP contribution in [0.3, 0.4) is 0 Å². The molecule has 0 aliphatic heterocycles. The molecule has 0 saturated heterocycles. The number of benzene rings is 2. The fourth-order valence-electron chi connectivity index (χ4n) is 2.59. The SMILES string of the molecule is CC(C)c1cccc2ncsc12.CCc1cccc2scnc12. The number of aryl methyl sites for hydroxylation is 1. The lowest BCUT2D eigenvalue weighted by molar-refractivity contribution is 0.878. The average Bonchev–Trinajstić information content (AvgIpc) is 3.23. The van der Waals surface area contributed by atoms with Crippen molar-refractivity contribution in [2.75, 3.05) is 0 Å². The van der Waals surface area contributed by atoms with Gasteiger partial charge < -0.3 is 0 Å². The van der Waals surface area contributed by atoms with Gasteiger partial charge in [-0.3, -0.25) is 0 Å². The lowest BCUT2D eigenvalue weighted by Crippen LogP contribution is -1.85. The molecule has 0 radical (unpaired) electrons. The summed E-state index contributed by atoms with van der Waals surface area (Å²) in [6.07, 6.45) is 1.07. The molecule has 118 valence electrons. The molecule has 4 aromatic rings. The van der Waals surface area contributed by atoms with E-state index in [1.165, 1.54) is 26.0 Å². The van der Waals surface area contributed by atoms with Gasteiger partial charge in [-0.2, -0.15) is 0 Å². The first-order chi connectivity index (χ1) is 11.2. The molecular formula is C19H20N2S2. The third-order valence-electron chi connectivity index (χ3n) is 3.83. The number of rotatable bonds is 2. The standard InChI is InChI=1S/C10H11NS.C9H9NS/c1-7(2)8-4-3-5-9-10(8)12-6-11-9;1-2-7-4-3-5-8-9(7)10-6-11-8/h3-7H,1-2H3;3-6H,2H2,1H3. The topological polar surface area (TPSA) is 25.8 Å². The van der Waals surface area contributed by atoms with Gasteiger partial charge >= 0.3 is 0 Å². The number of fused-ring (bicyclic) bond motifs is 2. The van der Waals surface area contributed by atoms with Gasteiger partial charge in [-0.15, -0.1) is 22.7 Å².